The second kappa shape index (κ2) is 10.6. The van der Waals surface area contributed by atoms with Crippen molar-refractivity contribution in [3.05, 3.63) is 47.2 Å². The van der Waals surface area contributed by atoms with Crippen molar-refractivity contribution in [2.45, 2.75) is 45.6 Å². The summed E-state index contributed by atoms with van der Waals surface area (Å²) in [5.41, 5.74) is 1.21. The highest BCUT2D eigenvalue weighted by molar-refractivity contribution is 5.93. The van der Waals surface area contributed by atoms with Crippen molar-refractivity contribution >= 4 is 5.91 Å². The lowest BCUT2D eigenvalue weighted by Gasteiger charge is -2.28. The van der Waals surface area contributed by atoms with Gasteiger partial charge in [0.05, 0.1) is 33.0 Å². The van der Waals surface area contributed by atoms with E-state index < -0.39 is 11.7 Å². The summed E-state index contributed by atoms with van der Waals surface area (Å²) in [6.07, 6.45) is 0.858. The van der Waals surface area contributed by atoms with Gasteiger partial charge in [0.1, 0.15) is 23.3 Å². The zero-order chi connectivity index (χ0) is 24.1. The Morgan fingerprint density at radius 3 is 2.76 bits per heavy atom. The molecule has 2 aromatic heterocycles. The van der Waals surface area contributed by atoms with Gasteiger partial charge in [-0.3, -0.25) is 4.79 Å². The van der Waals surface area contributed by atoms with Gasteiger partial charge in [-0.05, 0) is 42.3 Å². The molecule has 1 unspecified atom stereocenters. The number of amides is 1. The Kier molecular flexibility index (Phi) is 7.38. The van der Waals surface area contributed by atoms with Crippen molar-refractivity contribution < 1.29 is 23.4 Å². The van der Waals surface area contributed by atoms with Gasteiger partial charge < -0.3 is 19.5 Å². The molecule has 1 saturated heterocycles. The molecule has 4 rings (SSSR count). The van der Waals surface area contributed by atoms with E-state index in [4.69, 9.17) is 14.2 Å². The van der Waals surface area contributed by atoms with Gasteiger partial charge in [0.25, 0.3) is 5.91 Å². The molecule has 1 amide bonds. The van der Waals surface area contributed by atoms with Gasteiger partial charge >= 0.3 is 0 Å². The summed E-state index contributed by atoms with van der Waals surface area (Å²) in [4.78, 5) is 22.7. The molecule has 0 saturated carbocycles. The molecule has 1 aromatic carbocycles. The fourth-order valence-electron chi connectivity index (χ4n) is 3.42. The summed E-state index contributed by atoms with van der Waals surface area (Å²) in [7, 11) is 1.38. The summed E-state index contributed by atoms with van der Waals surface area (Å²) < 4.78 is 30.1. The fourth-order valence-corrected chi connectivity index (χ4v) is 3.42. The zero-order valence-corrected chi connectivity index (χ0v) is 19.2. The zero-order valence-electron chi connectivity index (χ0n) is 19.2. The molecule has 0 spiro atoms. The van der Waals surface area contributed by atoms with Crippen molar-refractivity contribution in [3.63, 3.8) is 0 Å². The molecule has 12 heteroatoms. The maximum absolute atomic E-state index is 13.6. The minimum Gasteiger partial charge on any atom is -0.494 e. The number of tetrazole rings is 1. The number of rotatable bonds is 8. The van der Waals surface area contributed by atoms with E-state index in [9.17, 15) is 9.18 Å². The van der Waals surface area contributed by atoms with Crippen molar-refractivity contribution in [2.24, 2.45) is 0 Å². The average molecular weight is 471 g/mol. The monoisotopic (exact) mass is 471 g/mol. The molecule has 1 fully saturated rings. The Morgan fingerprint density at radius 1 is 1.24 bits per heavy atom. The summed E-state index contributed by atoms with van der Waals surface area (Å²) in [5, 5.41) is 15.2. The molecule has 3 heterocycles. The highest BCUT2D eigenvalue weighted by Crippen LogP contribution is 2.18. The highest BCUT2D eigenvalue weighted by Gasteiger charge is 2.23. The van der Waals surface area contributed by atoms with Crippen LogP contribution in [0.3, 0.4) is 0 Å². The smallest absolute Gasteiger partial charge is 0.270 e. The van der Waals surface area contributed by atoms with E-state index in [0.29, 0.717) is 36.8 Å². The number of benzene rings is 1. The standard InChI is InChI=1S/C22H26FN7O4/c1-4-15-11-34-16(12-33-15)10-30-28-21(27-29-30)18-8-19(26-13(2)25-18)22(31)24-9-14-5-6-17(23)20(7-14)32-3/h5-8,15-16H,4,9-12H2,1-3H3,(H,24,31)/t15-,16?/m0/s1. The Balaban J connectivity index is 1.41. The van der Waals surface area contributed by atoms with Gasteiger partial charge in [0, 0.05) is 6.54 Å². The van der Waals surface area contributed by atoms with E-state index in [-0.39, 0.29) is 36.0 Å². The molecule has 2 atom stereocenters. The summed E-state index contributed by atoms with van der Waals surface area (Å²) in [6, 6.07) is 5.88. The molecule has 1 aliphatic heterocycles. The van der Waals surface area contributed by atoms with Crippen LogP contribution in [-0.2, 0) is 22.6 Å². The van der Waals surface area contributed by atoms with E-state index in [2.05, 4.69) is 37.6 Å². The largest absolute Gasteiger partial charge is 0.494 e. The van der Waals surface area contributed by atoms with E-state index in [1.807, 2.05) is 0 Å². The number of methoxy groups -OCH3 is 1. The molecule has 11 nitrogen and oxygen atoms in total. The third-order valence-electron chi connectivity index (χ3n) is 5.28. The van der Waals surface area contributed by atoms with Gasteiger partial charge in [0.15, 0.2) is 11.6 Å². The molecule has 3 aromatic rings. The molecular weight excluding hydrogens is 445 g/mol. The number of aromatic nitrogens is 6. The average Bonchev–Trinajstić information content (AvgIpc) is 3.32. The van der Waals surface area contributed by atoms with E-state index in [0.717, 1.165) is 6.42 Å². The van der Waals surface area contributed by atoms with E-state index in [1.165, 1.54) is 30.1 Å². The predicted octanol–water partition coefficient (Wildman–Crippen LogP) is 1.71. The first-order valence-electron chi connectivity index (χ1n) is 10.9. The maximum atomic E-state index is 13.6. The van der Waals surface area contributed by atoms with Gasteiger partial charge in [-0.2, -0.15) is 4.80 Å². The Morgan fingerprint density at radius 2 is 2.03 bits per heavy atom. The van der Waals surface area contributed by atoms with Gasteiger partial charge in [-0.25, -0.2) is 14.4 Å². The summed E-state index contributed by atoms with van der Waals surface area (Å²) >= 11 is 0. The quantitative estimate of drug-likeness (QED) is 0.522. The number of carbonyl (C=O) groups is 1. The number of nitrogens with zero attached hydrogens (tertiary/aromatic N) is 6. The van der Waals surface area contributed by atoms with Crippen LogP contribution in [-0.4, -0.2) is 68.6 Å². The van der Waals surface area contributed by atoms with Crippen LogP contribution >= 0.6 is 0 Å². The topological polar surface area (TPSA) is 126 Å². The molecule has 1 aliphatic rings. The molecule has 180 valence electrons. The normalized spacial score (nSPS) is 18.0. The Bertz CT molecular complexity index is 1150. The Hall–Kier alpha value is -3.51. The third-order valence-corrected chi connectivity index (χ3v) is 5.28. The van der Waals surface area contributed by atoms with Crippen LogP contribution in [0.25, 0.3) is 11.5 Å². The maximum Gasteiger partial charge on any atom is 0.270 e. The highest BCUT2D eigenvalue weighted by atomic mass is 19.1. The minimum atomic E-state index is -0.470. The summed E-state index contributed by atoms with van der Waals surface area (Å²) in [6.45, 7) is 5.29. The number of carbonyl (C=O) groups excluding carboxylic acids is 1. The van der Waals surface area contributed by atoms with Crippen molar-refractivity contribution in [2.75, 3.05) is 20.3 Å². The minimum absolute atomic E-state index is 0.108. The van der Waals surface area contributed by atoms with Gasteiger partial charge in [0.2, 0.25) is 5.82 Å². The lowest BCUT2D eigenvalue weighted by atomic mass is 10.2. The van der Waals surface area contributed by atoms with Crippen molar-refractivity contribution in [1.82, 2.24) is 35.5 Å². The predicted molar refractivity (Wildman–Crippen MR) is 117 cm³/mol. The van der Waals surface area contributed by atoms with Gasteiger partial charge in [-0.1, -0.05) is 13.0 Å². The lowest BCUT2D eigenvalue weighted by Crippen LogP contribution is -2.38. The number of halogens is 1. The molecule has 0 aliphatic carbocycles. The van der Waals surface area contributed by atoms with Crippen LogP contribution in [0.15, 0.2) is 24.3 Å². The van der Waals surface area contributed by atoms with Crippen LogP contribution in [0.5, 0.6) is 5.75 Å². The summed E-state index contributed by atoms with van der Waals surface area (Å²) in [5.74, 6) is -0.123. The Labute approximate surface area is 195 Å². The van der Waals surface area contributed by atoms with Crippen LogP contribution in [0.2, 0.25) is 0 Å². The number of ether oxygens (including phenoxy) is 3. The lowest BCUT2D eigenvalue weighted by molar-refractivity contribution is -0.139. The van der Waals surface area contributed by atoms with Crippen LogP contribution < -0.4 is 10.1 Å². The first-order chi connectivity index (χ1) is 16.4. The first-order valence-corrected chi connectivity index (χ1v) is 10.9. The van der Waals surface area contributed by atoms with Crippen molar-refractivity contribution in [1.29, 1.82) is 0 Å². The number of hydrogen-bond acceptors (Lipinski definition) is 9. The van der Waals surface area contributed by atoms with Crippen LogP contribution in [0.4, 0.5) is 4.39 Å². The second-order valence-corrected chi connectivity index (χ2v) is 7.82. The SMILES string of the molecule is CC[C@H]1COC(Cn2nnc(-c3cc(C(=O)NCc4ccc(F)c(OC)c4)nc(C)n3)n2)CO1. The first kappa shape index (κ1) is 23.6. The molecule has 0 bridgehead atoms. The van der Waals surface area contributed by atoms with Crippen LogP contribution in [0, 0.1) is 12.7 Å². The molecule has 0 radical (unpaired) electrons. The number of hydrogen-bond donors (Lipinski definition) is 1. The van der Waals surface area contributed by atoms with E-state index in [1.54, 1.807) is 13.0 Å². The van der Waals surface area contributed by atoms with Gasteiger partial charge in [-0.15, -0.1) is 10.2 Å². The molecular formula is C22H26FN7O4. The molecule has 34 heavy (non-hydrogen) atoms. The second-order valence-electron chi connectivity index (χ2n) is 7.82. The third kappa shape index (κ3) is 5.69. The number of nitrogens with one attached hydrogen (secondary N) is 1. The van der Waals surface area contributed by atoms with Crippen molar-refractivity contribution in [3.8, 4) is 17.3 Å². The van der Waals surface area contributed by atoms with E-state index >= 15 is 0 Å². The van der Waals surface area contributed by atoms with Crippen LogP contribution in [0.1, 0.15) is 35.2 Å². The molecule has 1 N–H and O–H groups in total. The fraction of sp³-hybridized carbons (Fsp3) is 0.455. The number of aryl methyl sites for hydroxylation is 1.